The van der Waals surface area contributed by atoms with Crippen molar-refractivity contribution in [3.63, 3.8) is 0 Å². The molecule has 1 aromatic carbocycles. The van der Waals surface area contributed by atoms with Crippen LogP contribution in [0.25, 0.3) is 0 Å². The molecule has 0 bridgehead atoms. The molecule has 0 aliphatic rings. The van der Waals surface area contributed by atoms with Crippen LogP contribution in [0, 0.1) is 0 Å². The van der Waals surface area contributed by atoms with Gasteiger partial charge in [0.1, 0.15) is 5.75 Å². The molecule has 1 rings (SSSR count). The lowest BCUT2D eigenvalue weighted by atomic mass is 10.1. The Labute approximate surface area is 120 Å². The molecule has 0 saturated carbocycles. The minimum atomic E-state index is -0.183. The Morgan fingerprint density at radius 1 is 1.40 bits per heavy atom. The number of anilines is 1. The van der Waals surface area contributed by atoms with Crippen LogP contribution in [0.5, 0.6) is 5.75 Å². The zero-order valence-corrected chi connectivity index (χ0v) is 12.5. The summed E-state index contributed by atoms with van der Waals surface area (Å²) in [5.74, 6) is -0.242. The van der Waals surface area contributed by atoms with Crippen molar-refractivity contribution in [2.24, 2.45) is 0 Å². The first-order chi connectivity index (χ1) is 9.41. The van der Waals surface area contributed by atoms with Gasteiger partial charge in [0.05, 0.1) is 5.69 Å². The van der Waals surface area contributed by atoms with Crippen molar-refractivity contribution in [1.29, 1.82) is 0 Å². The third kappa shape index (κ3) is 5.09. The molecule has 0 aromatic heterocycles. The number of carbonyl (C=O) groups excluding carboxylic acids is 1. The van der Waals surface area contributed by atoms with E-state index in [2.05, 4.69) is 31.1 Å². The quantitative estimate of drug-likeness (QED) is 0.404. The van der Waals surface area contributed by atoms with Crippen LogP contribution in [0.1, 0.15) is 37.0 Å². The first-order valence-electron chi connectivity index (χ1n) is 6.98. The number of carbonyl (C=O) groups is 1. The van der Waals surface area contributed by atoms with E-state index in [4.69, 9.17) is 5.73 Å². The number of phenolic OH excluding ortho intramolecular Hbond substituents is 1. The van der Waals surface area contributed by atoms with Gasteiger partial charge in [0.15, 0.2) is 0 Å². The average Bonchev–Trinajstić information content (AvgIpc) is 2.40. The van der Waals surface area contributed by atoms with Crippen LogP contribution in [-0.4, -0.2) is 42.1 Å². The lowest BCUT2D eigenvalue weighted by Crippen LogP contribution is -2.29. The largest absolute Gasteiger partial charge is 0.506 e. The monoisotopic (exact) mass is 279 g/mol. The topological polar surface area (TPSA) is 78.6 Å². The molecule has 0 aliphatic carbocycles. The van der Waals surface area contributed by atoms with E-state index in [0.29, 0.717) is 18.2 Å². The van der Waals surface area contributed by atoms with Gasteiger partial charge in [-0.2, -0.15) is 0 Å². The van der Waals surface area contributed by atoms with Crippen LogP contribution in [0.3, 0.4) is 0 Å². The van der Waals surface area contributed by atoms with Gasteiger partial charge in [-0.05, 0) is 58.5 Å². The molecule has 4 N–H and O–H groups in total. The second-order valence-corrected chi connectivity index (χ2v) is 5.31. The number of nitrogen functional groups attached to an aromatic ring is 1. The van der Waals surface area contributed by atoms with E-state index in [9.17, 15) is 9.90 Å². The van der Waals surface area contributed by atoms with Gasteiger partial charge in [0, 0.05) is 18.2 Å². The molecule has 0 fully saturated rings. The summed E-state index contributed by atoms with van der Waals surface area (Å²) in [7, 11) is 2.10. The van der Waals surface area contributed by atoms with Crippen LogP contribution >= 0.6 is 0 Å². The highest BCUT2D eigenvalue weighted by Gasteiger charge is 2.07. The summed E-state index contributed by atoms with van der Waals surface area (Å²) in [5, 5.41) is 12.3. The Hall–Kier alpha value is -1.75. The molecule has 0 radical (unpaired) electrons. The van der Waals surface area contributed by atoms with Crippen molar-refractivity contribution < 1.29 is 9.90 Å². The fraction of sp³-hybridized carbons (Fsp3) is 0.533. The maximum Gasteiger partial charge on any atom is 0.251 e. The Balaban J connectivity index is 2.28. The molecule has 0 unspecified atom stereocenters. The van der Waals surface area contributed by atoms with E-state index in [0.717, 1.165) is 19.4 Å². The number of phenols is 1. The Morgan fingerprint density at radius 3 is 2.70 bits per heavy atom. The van der Waals surface area contributed by atoms with Crippen LogP contribution in [0.15, 0.2) is 18.2 Å². The molecule has 1 aromatic rings. The number of benzene rings is 1. The highest BCUT2D eigenvalue weighted by Crippen LogP contribution is 2.20. The van der Waals surface area contributed by atoms with Crippen molar-refractivity contribution in [2.75, 3.05) is 25.9 Å². The van der Waals surface area contributed by atoms with Gasteiger partial charge in [-0.25, -0.2) is 0 Å². The second-order valence-electron chi connectivity index (χ2n) is 5.31. The maximum atomic E-state index is 11.8. The number of hydrogen-bond acceptors (Lipinski definition) is 4. The molecule has 112 valence electrons. The molecule has 1 amide bonds. The van der Waals surface area contributed by atoms with Gasteiger partial charge < -0.3 is 21.1 Å². The number of nitrogens with two attached hydrogens (primary N) is 1. The summed E-state index contributed by atoms with van der Waals surface area (Å²) in [5.41, 5.74) is 6.20. The third-order valence-electron chi connectivity index (χ3n) is 3.40. The fourth-order valence-electron chi connectivity index (χ4n) is 1.73. The number of nitrogens with one attached hydrogen (secondary N) is 1. The summed E-state index contributed by atoms with van der Waals surface area (Å²) < 4.78 is 0. The minimum absolute atomic E-state index is 0.0591. The molecule has 20 heavy (non-hydrogen) atoms. The number of unbranched alkanes of at least 4 members (excludes halogenated alkanes) is 1. The predicted molar refractivity (Wildman–Crippen MR) is 81.9 cm³/mol. The number of hydrogen-bond donors (Lipinski definition) is 3. The molecule has 0 atom stereocenters. The van der Waals surface area contributed by atoms with Crippen molar-refractivity contribution >= 4 is 11.6 Å². The second kappa shape index (κ2) is 7.75. The van der Waals surface area contributed by atoms with E-state index in [1.54, 1.807) is 6.07 Å². The van der Waals surface area contributed by atoms with E-state index in [1.807, 2.05) is 0 Å². The predicted octanol–water partition coefficient (Wildman–Crippen LogP) is 1.82. The summed E-state index contributed by atoms with van der Waals surface area (Å²) in [6.07, 6.45) is 1.98. The van der Waals surface area contributed by atoms with E-state index in [-0.39, 0.29) is 17.3 Å². The zero-order valence-electron chi connectivity index (χ0n) is 12.5. The SMILES string of the molecule is CC(C)N(C)CCCCNC(=O)c1ccc(N)c(O)c1. The molecule has 0 heterocycles. The molecular formula is C15H25N3O2. The van der Waals surface area contributed by atoms with Gasteiger partial charge in [0.2, 0.25) is 0 Å². The minimum Gasteiger partial charge on any atom is -0.506 e. The van der Waals surface area contributed by atoms with Gasteiger partial charge in [0.25, 0.3) is 5.91 Å². The summed E-state index contributed by atoms with van der Waals surface area (Å²) in [6, 6.07) is 5.07. The van der Waals surface area contributed by atoms with Crippen molar-refractivity contribution in [2.45, 2.75) is 32.7 Å². The molecule has 0 spiro atoms. The van der Waals surface area contributed by atoms with Crippen LogP contribution < -0.4 is 11.1 Å². The summed E-state index contributed by atoms with van der Waals surface area (Å²) >= 11 is 0. The van der Waals surface area contributed by atoms with Gasteiger partial charge in [-0.3, -0.25) is 4.79 Å². The Morgan fingerprint density at radius 2 is 2.10 bits per heavy atom. The molecule has 0 aliphatic heterocycles. The standard InChI is InChI=1S/C15H25N3O2/c1-11(2)18(3)9-5-4-8-17-15(20)12-6-7-13(16)14(19)10-12/h6-7,10-11,19H,4-5,8-9,16H2,1-3H3,(H,17,20). The van der Waals surface area contributed by atoms with Crippen LogP contribution in [-0.2, 0) is 0 Å². The number of nitrogens with zero attached hydrogens (tertiary/aromatic N) is 1. The van der Waals surface area contributed by atoms with E-state index in [1.165, 1.54) is 12.1 Å². The van der Waals surface area contributed by atoms with Crippen molar-refractivity contribution in [3.8, 4) is 5.75 Å². The fourth-order valence-corrected chi connectivity index (χ4v) is 1.73. The van der Waals surface area contributed by atoms with E-state index < -0.39 is 0 Å². The van der Waals surface area contributed by atoms with Crippen LogP contribution in [0.2, 0.25) is 0 Å². The van der Waals surface area contributed by atoms with E-state index >= 15 is 0 Å². The van der Waals surface area contributed by atoms with Crippen LogP contribution in [0.4, 0.5) is 5.69 Å². The summed E-state index contributed by atoms with van der Waals surface area (Å²) in [4.78, 5) is 14.1. The van der Waals surface area contributed by atoms with Gasteiger partial charge in [-0.15, -0.1) is 0 Å². The first kappa shape index (κ1) is 16.3. The van der Waals surface area contributed by atoms with Gasteiger partial charge >= 0.3 is 0 Å². The van der Waals surface area contributed by atoms with Crippen molar-refractivity contribution in [3.05, 3.63) is 23.8 Å². The average molecular weight is 279 g/mol. The molecule has 5 heteroatoms. The van der Waals surface area contributed by atoms with Gasteiger partial charge in [-0.1, -0.05) is 0 Å². The lowest BCUT2D eigenvalue weighted by Gasteiger charge is -2.20. The highest BCUT2D eigenvalue weighted by atomic mass is 16.3. The molecule has 0 saturated heterocycles. The summed E-state index contributed by atoms with van der Waals surface area (Å²) in [6.45, 7) is 5.98. The first-order valence-corrected chi connectivity index (χ1v) is 6.98. The Bertz CT molecular complexity index is 447. The number of aromatic hydroxyl groups is 1. The lowest BCUT2D eigenvalue weighted by molar-refractivity contribution is 0.0952. The maximum absolute atomic E-state index is 11.8. The number of rotatable bonds is 7. The smallest absolute Gasteiger partial charge is 0.251 e. The zero-order chi connectivity index (χ0) is 15.1. The highest BCUT2D eigenvalue weighted by molar-refractivity contribution is 5.95. The number of amides is 1. The Kier molecular flexibility index (Phi) is 6.31. The molecule has 5 nitrogen and oxygen atoms in total. The third-order valence-corrected chi connectivity index (χ3v) is 3.40. The van der Waals surface area contributed by atoms with Crippen molar-refractivity contribution in [1.82, 2.24) is 10.2 Å². The molecular weight excluding hydrogens is 254 g/mol. The normalized spacial score (nSPS) is 11.1.